The minimum Gasteiger partial charge on any atom is -0.465 e. The van der Waals surface area contributed by atoms with E-state index in [1.807, 2.05) is 12.3 Å². The van der Waals surface area contributed by atoms with Gasteiger partial charge >= 0.3 is 5.97 Å². The Bertz CT molecular complexity index is 870. The van der Waals surface area contributed by atoms with Gasteiger partial charge in [0.1, 0.15) is 12.2 Å². The van der Waals surface area contributed by atoms with Gasteiger partial charge in [0.15, 0.2) is 0 Å². The summed E-state index contributed by atoms with van der Waals surface area (Å²) in [6.45, 7) is 2.96. The summed E-state index contributed by atoms with van der Waals surface area (Å²) < 4.78 is 6.97. The standard InChI is InChI=1S/C20H28N6O3/c1-2-29-18(28)12-22-11-16(9-21)24-20-23-10-15-7-8-26(19(15)25-20)13-14-3-5-17(27)6-4-14/h7-11,14,17,21-22,27H,2-6,12-13H2,1H3,(H,23,24,25)/b16-11+,21-9?/t14-,17+. The van der Waals surface area contributed by atoms with Gasteiger partial charge in [-0.1, -0.05) is 0 Å². The van der Waals surface area contributed by atoms with E-state index in [0.717, 1.165) is 49.5 Å². The number of allylic oxidation sites excluding steroid dienone is 1. The number of carbonyl (C=O) groups is 1. The van der Waals surface area contributed by atoms with Gasteiger partial charge in [0.25, 0.3) is 0 Å². The first-order chi connectivity index (χ1) is 14.1. The van der Waals surface area contributed by atoms with Crippen molar-refractivity contribution in [3.63, 3.8) is 0 Å². The van der Waals surface area contributed by atoms with Crippen molar-refractivity contribution in [3.05, 3.63) is 30.4 Å². The number of aliphatic hydroxyl groups is 1. The minimum atomic E-state index is -0.362. The lowest BCUT2D eigenvalue weighted by Gasteiger charge is -2.25. The molecule has 0 atom stereocenters. The van der Waals surface area contributed by atoms with Gasteiger partial charge in [-0.3, -0.25) is 4.79 Å². The van der Waals surface area contributed by atoms with Crippen LogP contribution in [0, 0.1) is 11.3 Å². The molecular weight excluding hydrogens is 372 g/mol. The number of nitrogens with zero attached hydrogens (tertiary/aromatic N) is 3. The third-order valence-corrected chi connectivity index (χ3v) is 4.99. The van der Waals surface area contributed by atoms with Crippen molar-refractivity contribution in [2.45, 2.75) is 45.3 Å². The maximum absolute atomic E-state index is 11.4. The van der Waals surface area contributed by atoms with E-state index < -0.39 is 0 Å². The number of rotatable bonds is 9. The van der Waals surface area contributed by atoms with Crippen molar-refractivity contribution in [1.82, 2.24) is 19.9 Å². The molecule has 0 aromatic carbocycles. The van der Waals surface area contributed by atoms with E-state index in [1.165, 1.54) is 6.20 Å². The smallest absolute Gasteiger partial charge is 0.325 e. The highest BCUT2D eigenvalue weighted by atomic mass is 16.5. The number of fused-ring (bicyclic) bond motifs is 1. The highest BCUT2D eigenvalue weighted by Crippen LogP contribution is 2.27. The Balaban J connectivity index is 1.66. The first kappa shape index (κ1) is 20.8. The fraction of sp³-hybridized carbons (Fsp3) is 0.500. The Kier molecular flexibility index (Phi) is 7.18. The molecule has 0 radical (unpaired) electrons. The predicted molar refractivity (Wildman–Crippen MR) is 111 cm³/mol. The van der Waals surface area contributed by atoms with E-state index in [-0.39, 0.29) is 18.6 Å². The van der Waals surface area contributed by atoms with E-state index in [9.17, 15) is 9.90 Å². The molecule has 1 saturated carbocycles. The van der Waals surface area contributed by atoms with E-state index >= 15 is 0 Å². The number of hydrogen-bond donors (Lipinski definition) is 4. The van der Waals surface area contributed by atoms with Crippen LogP contribution in [0.2, 0.25) is 0 Å². The fourth-order valence-corrected chi connectivity index (χ4v) is 3.48. The number of carbonyl (C=O) groups excluding carboxylic acids is 1. The summed E-state index contributed by atoms with van der Waals surface area (Å²) in [5.74, 6) is 0.549. The Morgan fingerprint density at radius 1 is 1.41 bits per heavy atom. The van der Waals surface area contributed by atoms with Crippen molar-refractivity contribution >= 4 is 29.2 Å². The van der Waals surface area contributed by atoms with Gasteiger partial charge in [-0.15, -0.1) is 0 Å². The number of anilines is 1. The molecule has 1 aliphatic carbocycles. The van der Waals surface area contributed by atoms with Gasteiger partial charge in [0.2, 0.25) is 5.95 Å². The van der Waals surface area contributed by atoms with E-state index in [2.05, 4.69) is 25.2 Å². The number of ether oxygens (including phenoxy) is 1. The summed E-state index contributed by atoms with van der Waals surface area (Å²) in [6, 6.07) is 1.99. The predicted octanol–water partition coefficient (Wildman–Crippen LogP) is 2.04. The van der Waals surface area contributed by atoms with Crippen LogP contribution in [0.4, 0.5) is 5.95 Å². The number of aromatic nitrogens is 3. The largest absolute Gasteiger partial charge is 0.465 e. The summed E-state index contributed by atoms with van der Waals surface area (Å²) in [4.78, 5) is 20.3. The quantitative estimate of drug-likeness (QED) is 0.375. The third kappa shape index (κ3) is 5.77. The second-order valence-corrected chi connectivity index (χ2v) is 7.17. The number of esters is 1. The molecule has 0 saturated heterocycles. The van der Waals surface area contributed by atoms with Crippen LogP contribution in [-0.4, -0.2) is 51.1 Å². The highest BCUT2D eigenvalue weighted by molar-refractivity contribution is 5.81. The molecule has 9 nitrogen and oxygen atoms in total. The summed E-state index contributed by atoms with van der Waals surface area (Å²) in [5.41, 5.74) is 1.26. The summed E-state index contributed by atoms with van der Waals surface area (Å²) in [6.07, 6.45) is 10.0. The fourth-order valence-electron chi connectivity index (χ4n) is 3.48. The summed E-state index contributed by atoms with van der Waals surface area (Å²) in [5, 5.41) is 24.0. The molecule has 1 aliphatic rings. The molecule has 0 bridgehead atoms. The van der Waals surface area contributed by atoms with Crippen molar-refractivity contribution in [1.29, 1.82) is 5.41 Å². The van der Waals surface area contributed by atoms with Gasteiger partial charge in [-0.2, -0.15) is 4.98 Å². The molecule has 156 valence electrons. The van der Waals surface area contributed by atoms with E-state index in [1.54, 1.807) is 13.1 Å². The molecule has 2 aromatic heterocycles. The van der Waals surface area contributed by atoms with E-state index in [0.29, 0.717) is 24.2 Å². The Labute approximate surface area is 169 Å². The van der Waals surface area contributed by atoms with Crippen LogP contribution in [-0.2, 0) is 16.1 Å². The lowest BCUT2D eigenvalue weighted by Crippen LogP contribution is -2.22. The van der Waals surface area contributed by atoms with Crippen LogP contribution in [0.25, 0.3) is 11.0 Å². The molecule has 2 heterocycles. The average Bonchev–Trinajstić information content (AvgIpc) is 3.11. The molecule has 0 amide bonds. The topological polar surface area (TPSA) is 125 Å². The van der Waals surface area contributed by atoms with Crippen LogP contribution in [0.3, 0.4) is 0 Å². The second kappa shape index (κ2) is 10.0. The SMILES string of the molecule is CCOC(=O)CN/C=C(\C=N)Nc1ncc2ccn(C[C@H]3CC[C@@H](O)CC3)c2n1. The first-order valence-corrected chi connectivity index (χ1v) is 9.95. The number of nitrogens with one attached hydrogen (secondary N) is 3. The van der Waals surface area contributed by atoms with Crippen molar-refractivity contribution in [2.24, 2.45) is 5.92 Å². The van der Waals surface area contributed by atoms with Crippen LogP contribution in [0.5, 0.6) is 0 Å². The Hall–Kier alpha value is -2.94. The monoisotopic (exact) mass is 400 g/mol. The van der Waals surface area contributed by atoms with Crippen molar-refractivity contribution in [3.8, 4) is 0 Å². The molecule has 1 fully saturated rings. The zero-order valence-electron chi connectivity index (χ0n) is 16.6. The molecular formula is C20H28N6O3. The van der Waals surface area contributed by atoms with Crippen LogP contribution in [0.1, 0.15) is 32.6 Å². The molecule has 2 aromatic rings. The molecule has 0 aliphatic heterocycles. The maximum atomic E-state index is 11.4. The van der Waals surface area contributed by atoms with Gasteiger partial charge in [0.05, 0.1) is 18.4 Å². The average molecular weight is 400 g/mol. The molecule has 4 N–H and O–H groups in total. The van der Waals surface area contributed by atoms with Gasteiger partial charge in [-0.05, 0) is 44.6 Å². The Morgan fingerprint density at radius 3 is 2.93 bits per heavy atom. The second-order valence-electron chi connectivity index (χ2n) is 7.17. The van der Waals surface area contributed by atoms with Crippen molar-refractivity contribution in [2.75, 3.05) is 18.5 Å². The normalized spacial score (nSPS) is 19.7. The van der Waals surface area contributed by atoms with Crippen LogP contribution >= 0.6 is 0 Å². The molecule has 3 rings (SSSR count). The van der Waals surface area contributed by atoms with Gasteiger partial charge in [-0.25, -0.2) is 4.98 Å². The summed E-state index contributed by atoms with van der Waals surface area (Å²) >= 11 is 0. The van der Waals surface area contributed by atoms with Crippen LogP contribution in [0.15, 0.2) is 30.4 Å². The highest BCUT2D eigenvalue weighted by Gasteiger charge is 2.20. The zero-order valence-corrected chi connectivity index (χ0v) is 16.6. The Morgan fingerprint density at radius 2 is 2.21 bits per heavy atom. The maximum Gasteiger partial charge on any atom is 0.325 e. The molecule has 29 heavy (non-hydrogen) atoms. The molecule has 0 unspecified atom stereocenters. The summed E-state index contributed by atoms with van der Waals surface area (Å²) in [7, 11) is 0. The van der Waals surface area contributed by atoms with Crippen molar-refractivity contribution < 1.29 is 14.6 Å². The lowest BCUT2D eigenvalue weighted by molar-refractivity contribution is -0.141. The van der Waals surface area contributed by atoms with Crippen LogP contribution < -0.4 is 10.6 Å². The van der Waals surface area contributed by atoms with Gasteiger partial charge in [0, 0.05) is 36.7 Å². The minimum absolute atomic E-state index is 0.0195. The first-order valence-electron chi connectivity index (χ1n) is 9.95. The molecule has 0 spiro atoms. The number of hydrogen-bond acceptors (Lipinski definition) is 8. The zero-order chi connectivity index (χ0) is 20.6. The van der Waals surface area contributed by atoms with Gasteiger partial charge < -0.3 is 30.5 Å². The third-order valence-electron chi connectivity index (χ3n) is 4.99. The van der Waals surface area contributed by atoms with E-state index in [4.69, 9.17) is 10.1 Å². The molecule has 9 heteroatoms. The number of aliphatic hydroxyl groups excluding tert-OH is 1. The lowest BCUT2D eigenvalue weighted by atomic mass is 9.87.